The van der Waals surface area contributed by atoms with E-state index in [1.54, 1.807) is 0 Å². The van der Waals surface area contributed by atoms with Crippen LogP contribution in [0.2, 0.25) is 0 Å². The minimum atomic E-state index is -0.813. The fraction of sp³-hybridized carbons (Fsp3) is 0.533. The first-order chi connectivity index (χ1) is 9.25. The molecule has 1 atom stereocenters. The Hall–Kier alpha value is -1.55. The molecule has 0 saturated carbocycles. The number of benzene rings is 1. The van der Waals surface area contributed by atoms with E-state index in [2.05, 4.69) is 24.3 Å². The second-order valence-electron chi connectivity index (χ2n) is 5.05. The molecule has 1 amide bonds. The van der Waals surface area contributed by atoms with Gasteiger partial charge in [-0.15, -0.1) is 0 Å². The van der Waals surface area contributed by atoms with Crippen LogP contribution in [0.4, 0.5) is 4.79 Å². The number of carbonyl (C=O) groups is 1. The van der Waals surface area contributed by atoms with Crippen LogP contribution in [0.5, 0.6) is 0 Å². The molecule has 1 N–H and O–H groups in total. The van der Waals surface area contributed by atoms with E-state index < -0.39 is 6.09 Å². The van der Waals surface area contributed by atoms with Crippen molar-refractivity contribution < 1.29 is 14.6 Å². The summed E-state index contributed by atoms with van der Waals surface area (Å²) in [5.74, 6) is 0.368. The highest BCUT2D eigenvalue weighted by Crippen LogP contribution is 2.16. The van der Waals surface area contributed by atoms with Gasteiger partial charge in [0.25, 0.3) is 0 Å². The highest BCUT2D eigenvalue weighted by atomic mass is 16.5. The molecule has 104 valence electrons. The Balaban J connectivity index is 1.54. The average Bonchev–Trinajstić information content (AvgIpc) is 2.89. The molecule has 1 aliphatic rings. The Labute approximate surface area is 114 Å². The lowest BCUT2D eigenvalue weighted by Crippen LogP contribution is -2.27. The molecule has 4 heteroatoms. The van der Waals surface area contributed by atoms with E-state index in [9.17, 15) is 4.79 Å². The van der Waals surface area contributed by atoms with E-state index in [-0.39, 0.29) is 0 Å². The summed E-state index contributed by atoms with van der Waals surface area (Å²) in [4.78, 5) is 12.2. The van der Waals surface area contributed by atoms with Crippen LogP contribution in [-0.4, -0.2) is 42.4 Å². The molecule has 2 rings (SSSR count). The van der Waals surface area contributed by atoms with Crippen LogP contribution in [0.25, 0.3) is 0 Å². The van der Waals surface area contributed by atoms with Crippen molar-refractivity contribution in [1.29, 1.82) is 0 Å². The van der Waals surface area contributed by atoms with E-state index in [0.29, 0.717) is 25.6 Å². The predicted molar refractivity (Wildman–Crippen MR) is 73.3 cm³/mol. The SMILES string of the molecule is O=C(O)N1CCC(COCCCc2ccccc2)C1. The summed E-state index contributed by atoms with van der Waals surface area (Å²) in [5.41, 5.74) is 1.34. The van der Waals surface area contributed by atoms with Gasteiger partial charge < -0.3 is 14.7 Å². The van der Waals surface area contributed by atoms with Gasteiger partial charge in [-0.1, -0.05) is 30.3 Å². The van der Waals surface area contributed by atoms with Gasteiger partial charge in [-0.3, -0.25) is 0 Å². The fourth-order valence-electron chi connectivity index (χ4n) is 2.42. The monoisotopic (exact) mass is 263 g/mol. The molecule has 1 heterocycles. The zero-order chi connectivity index (χ0) is 13.5. The first kappa shape index (κ1) is 13.9. The summed E-state index contributed by atoms with van der Waals surface area (Å²) < 4.78 is 5.65. The van der Waals surface area contributed by atoms with Crippen LogP contribution in [-0.2, 0) is 11.2 Å². The number of rotatable bonds is 6. The van der Waals surface area contributed by atoms with Gasteiger partial charge in [0, 0.05) is 25.6 Å². The number of hydrogen-bond donors (Lipinski definition) is 1. The Morgan fingerprint density at radius 1 is 1.37 bits per heavy atom. The summed E-state index contributed by atoms with van der Waals surface area (Å²) in [5, 5.41) is 8.85. The van der Waals surface area contributed by atoms with Crippen molar-refractivity contribution >= 4 is 6.09 Å². The summed E-state index contributed by atoms with van der Waals surface area (Å²) in [6, 6.07) is 10.4. The van der Waals surface area contributed by atoms with Crippen molar-refractivity contribution in [2.24, 2.45) is 5.92 Å². The van der Waals surface area contributed by atoms with Gasteiger partial charge in [-0.2, -0.15) is 0 Å². The molecule has 0 aromatic heterocycles. The molecule has 1 aromatic carbocycles. The summed E-state index contributed by atoms with van der Waals surface area (Å²) in [6.07, 6.45) is 2.16. The van der Waals surface area contributed by atoms with Crippen molar-refractivity contribution in [1.82, 2.24) is 4.90 Å². The van der Waals surface area contributed by atoms with Gasteiger partial charge in [0.1, 0.15) is 0 Å². The zero-order valence-corrected chi connectivity index (χ0v) is 11.1. The van der Waals surface area contributed by atoms with Crippen LogP contribution in [0.1, 0.15) is 18.4 Å². The molecule has 0 radical (unpaired) electrons. The maximum Gasteiger partial charge on any atom is 0.407 e. The smallest absolute Gasteiger partial charge is 0.407 e. The topological polar surface area (TPSA) is 49.8 Å². The number of carboxylic acid groups (broad SMARTS) is 1. The van der Waals surface area contributed by atoms with Crippen LogP contribution < -0.4 is 0 Å². The van der Waals surface area contributed by atoms with E-state index in [1.165, 1.54) is 10.5 Å². The van der Waals surface area contributed by atoms with Crippen molar-refractivity contribution in [3.63, 3.8) is 0 Å². The Morgan fingerprint density at radius 2 is 2.16 bits per heavy atom. The minimum absolute atomic E-state index is 0.368. The van der Waals surface area contributed by atoms with Crippen molar-refractivity contribution in [3.8, 4) is 0 Å². The van der Waals surface area contributed by atoms with E-state index >= 15 is 0 Å². The van der Waals surface area contributed by atoms with Crippen LogP contribution in [0.3, 0.4) is 0 Å². The third-order valence-corrected chi connectivity index (χ3v) is 3.51. The van der Waals surface area contributed by atoms with E-state index in [0.717, 1.165) is 25.9 Å². The summed E-state index contributed by atoms with van der Waals surface area (Å²) in [7, 11) is 0. The fourth-order valence-corrected chi connectivity index (χ4v) is 2.42. The van der Waals surface area contributed by atoms with Gasteiger partial charge in [0.2, 0.25) is 0 Å². The molecule has 0 bridgehead atoms. The number of amides is 1. The first-order valence-corrected chi connectivity index (χ1v) is 6.85. The molecule has 1 aromatic rings. The summed E-state index contributed by atoms with van der Waals surface area (Å²) >= 11 is 0. The molecule has 0 spiro atoms. The first-order valence-electron chi connectivity index (χ1n) is 6.85. The molecule has 1 unspecified atom stereocenters. The number of aryl methyl sites for hydroxylation is 1. The van der Waals surface area contributed by atoms with Gasteiger partial charge in [-0.05, 0) is 24.8 Å². The summed E-state index contributed by atoms with van der Waals surface area (Å²) in [6.45, 7) is 2.69. The molecular formula is C15H21NO3. The Bertz CT molecular complexity index is 394. The number of nitrogens with zero attached hydrogens (tertiary/aromatic N) is 1. The Morgan fingerprint density at radius 3 is 2.84 bits per heavy atom. The molecule has 1 fully saturated rings. The largest absolute Gasteiger partial charge is 0.465 e. The van der Waals surface area contributed by atoms with Crippen LogP contribution >= 0.6 is 0 Å². The zero-order valence-electron chi connectivity index (χ0n) is 11.1. The predicted octanol–water partition coefficient (Wildman–Crippen LogP) is 2.64. The highest BCUT2D eigenvalue weighted by Gasteiger charge is 2.25. The molecule has 19 heavy (non-hydrogen) atoms. The molecular weight excluding hydrogens is 242 g/mol. The van der Waals surface area contributed by atoms with Crippen molar-refractivity contribution in [2.45, 2.75) is 19.3 Å². The third kappa shape index (κ3) is 4.56. The van der Waals surface area contributed by atoms with Crippen molar-refractivity contribution in [2.75, 3.05) is 26.3 Å². The van der Waals surface area contributed by atoms with Crippen LogP contribution in [0.15, 0.2) is 30.3 Å². The quantitative estimate of drug-likeness (QED) is 0.803. The van der Waals surface area contributed by atoms with E-state index in [1.807, 2.05) is 6.07 Å². The van der Waals surface area contributed by atoms with E-state index in [4.69, 9.17) is 9.84 Å². The third-order valence-electron chi connectivity index (χ3n) is 3.51. The van der Waals surface area contributed by atoms with Gasteiger partial charge >= 0.3 is 6.09 Å². The lowest BCUT2D eigenvalue weighted by molar-refractivity contribution is 0.0980. The molecule has 1 saturated heterocycles. The second-order valence-corrected chi connectivity index (χ2v) is 5.05. The van der Waals surface area contributed by atoms with Crippen LogP contribution in [0, 0.1) is 5.92 Å². The lowest BCUT2D eigenvalue weighted by atomic mass is 10.1. The minimum Gasteiger partial charge on any atom is -0.465 e. The van der Waals surface area contributed by atoms with Gasteiger partial charge in [0.15, 0.2) is 0 Å². The lowest BCUT2D eigenvalue weighted by Gasteiger charge is -2.12. The molecule has 1 aliphatic heterocycles. The number of ether oxygens (including phenoxy) is 1. The standard InChI is InChI=1S/C15H21NO3/c17-15(18)16-9-8-14(11-16)12-19-10-4-7-13-5-2-1-3-6-13/h1-3,5-6,14H,4,7-12H2,(H,17,18). The van der Waals surface area contributed by atoms with Gasteiger partial charge in [0.05, 0.1) is 6.61 Å². The normalized spacial score (nSPS) is 18.7. The average molecular weight is 263 g/mol. The Kier molecular flexibility index (Phi) is 5.21. The highest BCUT2D eigenvalue weighted by molar-refractivity contribution is 5.65. The number of hydrogen-bond acceptors (Lipinski definition) is 2. The second kappa shape index (κ2) is 7.14. The van der Waals surface area contributed by atoms with Gasteiger partial charge in [-0.25, -0.2) is 4.79 Å². The van der Waals surface area contributed by atoms with Crippen molar-refractivity contribution in [3.05, 3.63) is 35.9 Å². The maximum absolute atomic E-state index is 10.8. The molecule has 0 aliphatic carbocycles. The maximum atomic E-state index is 10.8. The number of likely N-dealkylation sites (tertiary alicyclic amines) is 1. The molecule has 4 nitrogen and oxygen atoms in total.